The van der Waals surface area contributed by atoms with Crippen molar-refractivity contribution in [2.24, 2.45) is 7.05 Å². The van der Waals surface area contributed by atoms with Crippen LogP contribution in [-0.4, -0.2) is 57.3 Å². The minimum atomic E-state index is -0.870. The van der Waals surface area contributed by atoms with Crippen molar-refractivity contribution < 1.29 is 14.7 Å². The average molecular weight is 266 g/mol. The lowest BCUT2D eigenvalue weighted by Crippen LogP contribution is -2.55. The molecule has 0 spiro atoms. The number of aliphatic carboxylic acids is 1. The number of carbonyl (C=O) groups is 2. The highest BCUT2D eigenvalue weighted by molar-refractivity contribution is 5.95. The zero-order valence-electron chi connectivity index (χ0n) is 11.1. The number of piperazine rings is 1. The van der Waals surface area contributed by atoms with Gasteiger partial charge in [-0.15, -0.1) is 0 Å². The number of hydrogen-bond acceptors (Lipinski definition) is 4. The second kappa shape index (κ2) is 5.40. The van der Waals surface area contributed by atoms with Crippen LogP contribution in [0.25, 0.3) is 0 Å². The van der Waals surface area contributed by atoms with E-state index in [9.17, 15) is 9.59 Å². The second-order valence-corrected chi connectivity index (χ2v) is 4.65. The number of nitrogens with zero attached hydrogens (tertiary/aromatic N) is 4. The number of carbonyl (C=O) groups excluding carboxylic acids is 1. The van der Waals surface area contributed by atoms with E-state index in [0.717, 1.165) is 5.69 Å². The van der Waals surface area contributed by atoms with Gasteiger partial charge >= 0.3 is 5.97 Å². The highest BCUT2D eigenvalue weighted by Gasteiger charge is 2.32. The van der Waals surface area contributed by atoms with Gasteiger partial charge in [0.05, 0.1) is 18.4 Å². The molecule has 1 aromatic rings. The van der Waals surface area contributed by atoms with Gasteiger partial charge in [0.2, 0.25) is 5.91 Å². The Morgan fingerprint density at radius 1 is 1.53 bits per heavy atom. The monoisotopic (exact) mass is 266 g/mol. The number of amides is 1. The Morgan fingerprint density at radius 2 is 2.26 bits per heavy atom. The van der Waals surface area contributed by atoms with Crippen molar-refractivity contribution in [1.29, 1.82) is 0 Å². The van der Waals surface area contributed by atoms with Crippen molar-refractivity contribution in [2.75, 3.05) is 24.5 Å². The third kappa shape index (κ3) is 2.76. The van der Waals surface area contributed by atoms with E-state index in [-0.39, 0.29) is 12.5 Å². The number of hydrogen-bond donors (Lipinski definition) is 1. The SMILES string of the molecule is CCC(C(=O)O)N1CCN(c2cnn(C)c2)C(=O)C1. The minimum Gasteiger partial charge on any atom is -0.480 e. The summed E-state index contributed by atoms with van der Waals surface area (Å²) in [7, 11) is 1.79. The smallest absolute Gasteiger partial charge is 0.320 e. The summed E-state index contributed by atoms with van der Waals surface area (Å²) in [5.74, 6) is -0.955. The predicted octanol–water partition coefficient (Wildman–Crippen LogP) is -0.0681. The average Bonchev–Trinajstić information content (AvgIpc) is 2.76. The van der Waals surface area contributed by atoms with Crippen LogP contribution in [0, 0.1) is 0 Å². The number of rotatable bonds is 4. The number of anilines is 1. The first-order valence-electron chi connectivity index (χ1n) is 6.28. The summed E-state index contributed by atoms with van der Waals surface area (Å²) in [5.41, 5.74) is 0.760. The van der Waals surface area contributed by atoms with Gasteiger partial charge in [-0.2, -0.15) is 5.10 Å². The molecule has 1 saturated heterocycles. The van der Waals surface area contributed by atoms with Crippen LogP contribution in [-0.2, 0) is 16.6 Å². The maximum atomic E-state index is 12.1. The predicted molar refractivity (Wildman–Crippen MR) is 68.8 cm³/mol. The zero-order chi connectivity index (χ0) is 14.0. The van der Waals surface area contributed by atoms with E-state index in [1.54, 1.807) is 33.9 Å². The van der Waals surface area contributed by atoms with Crippen LogP contribution >= 0.6 is 0 Å². The Kier molecular flexibility index (Phi) is 3.84. The molecular formula is C12H18N4O3. The quantitative estimate of drug-likeness (QED) is 0.825. The Hall–Kier alpha value is -1.89. The van der Waals surface area contributed by atoms with Crippen LogP contribution in [0.5, 0.6) is 0 Å². The Balaban J connectivity index is 2.06. The third-order valence-electron chi connectivity index (χ3n) is 3.37. The first-order valence-corrected chi connectivity index (χ1v) is 6.28. The normalized spacial score (nSPS) is 18.6. The van der Waals surface area contributed by atoms with Crippen molar-refractivity contribution in [3.8, 4) is 0 Å². The van der Waals surface area contributed by atoms with Crippen molar-refractivity contribution in [1.82, 2.24) is 14.7 Å². The first-order chi connectivity index (χ1) is 9.02. The molecule has 1 fully saturated rings. The molecule has 1 aromatic heterocycles. The van der Waals surface area contributed by atoms with Gasteiger partial charge in [-0.3, -0.25) is 19.2 Å². The topological polar surface area (TPSA) is 78.7 Å². The lowest BCUT2D eigenvalue weighted by Gasteiger charge is -2.36. The van der Waals surface area contributed by atoms with E-state index in [1.807, 2.05) is 6.92 Å². The van der Waals surface area contributed by atoms with Crippen LogP contribution in [0.2, 0.25) is 0 Å². The van der Waals surface area contributed by atoms with Crippen molar-refractivity contribution >= 4 is 17.6 Å². The van der Waals surface area contributed by atoms with E-state index in [2.05, 4.69) is 5.10 Å². The summed E-state index contributed by atoms with van der Waals surface area (Å²) in [5, 5.41) is 13.2. The zero-order valence-corrected chi connectivity index (χ0v) is 11.1. The Bertz CT molecular complexity index is 485. The minimum absolute atomic E-state index is 0.0843. The standard InChI is InChI=1S/C12H18N4O3/c1-3-10(12(18)19)15-4-5-16(11(17)8-15)9-6-13-14(2)7-9/h6-7,10H,3-5,8H2,1-2H3,(H,18,19). The molecule has 1 atom stereocenters. The molecule has 2 rings (SSSR count). The number of carboxylic acids is 1. The van der Waals surface area contributed by atoms with Crippen molar-refractivity contribution in [2.45, 2.75) is 19.4 Å². The van der Waals surface area contributed by atoms with E-state index >= 15 is 0 Å². The second-order valence-electron chi connectivity index (χ2n) is 4.65. The number of aryl methyl sites for hydroxylation is 1. The van der Waals surface area contributed by atoms with Gasteiger partial charge in [-0.1, -0.05) is 6.92 Å². The lowest BCUT2D eigenvalue weighted by atomic mass is 10.1. The molecule has 0 bridgehead atoms. The molecule has 7 heteroatoms. The molecule has 1 amide bonds. The van der Waals surface area contributed by atoms with Crippen LogP contribution in [0.15, 0.2) is 12.4 Å². The van der Waals surface area contributed by atoms with Gasteiger partial charge in [0.25, 0.3) is 0 Å². The number of carboxylic acid groups (broad SMARTS) is 1. The summed E-state index contributed by atoms with van der Waals surface area (Å²) in [6.45, 7) is 3.01. The summed E-state index contributed by atoms with van der Waals surface area (Å²) in [6, 6.07) is -0.583. The molecule has 1 aliphatic heterocycles. The highest BCUT2D eigenvalue weighted by atomic mass is 16.4. The summed E-state index contributed by atoms with van der Waals surface area (Å²) in [6.07, 6.45) is 3.92. The Labute approximate surface area is 111 Å². The van der Waals surface area contributed by atoms with Gasteiger partial charge in [0, 0.05) is 26.3 Å². The summed E-state index contributed by atoms with van der Waals surface area (Å²) < 4.78 is 1.64. The molecule has 7 nitrogen and oxygen atoms in total. The van der Waals surface area contributed by atoms with Crippen LogP contribution in [0.4, 0.5) is 5.69 Å². The summed E-state index contributed by atoms with van der Waals surface area (Å²) >= 11 is 0. The molecule has 0 saturated carbocycles. The van der Waals surface area contributed by atoms with Crippen LogP contribution in [0.3, 0.4) is 0 Å². The largest absolute Gasteiger partial charge is 0.480 e. The van der Waals surface area contributed by atoms with E-state index in [4.69, 9.17) is 5.11 Å². The van der Waals surface area contributed by atoms with Crippen LogP contribution in [0.1, 0.15) is 13.3 Å². The van der Waals surface area contributed by atoms with Crippen LogP contribution < -0.4 is 4.90 Å². The third-order valence-corrected chi connectivity index (χ3v) is 3.37. The van der Waals surface area contributed by atoms with E-state index in [0.29, 0.717) is 19.5 Å². The van der Waals surface area contributed by atoms with Crippen molar-refractivity contribution in [3.63, 3.8) is 0 Å². The molecule has 0 aliphatic carbocycles. The van der Waals surface area contributed by atoms with E-state index in [1.165, 1.54) is 0 Å². The molecule has 1 aliphatic rings. The molecule has 2 heterocycles. The molecule has 19 heavy (non-hydrogen) atoms. The molecule has 1 N–H and O–H groups in total. The fraction of sp³-hybridized carbons (Fsp3) is 0.583. The lowest BCUT2D eigenvalue weighted by molar-refractivity contribution is -0.144. The van der Waals surface area contributed by atoms with Gasteiger partial charge in [-0.05, 0) is 6.42 Å². The summed E-state index contributed by atoms with van der Waals surface area (Å²) in [4.78, 5) is 26.6. The van der Waals surface area contributed by atoms with Gasteiger partial charge < -0.3 is 10.0 Å². The molecular weight excluding hydrogens is 248 g/mol. The maximum absolute atomic E-state index is 12.1. The van der Waals surface area contributed by atoms with E-state index < -0.39 is 12.0 Å². The van der Waals surface area contributed by atoms with Gasteiger partial charge in [-0.25, -0.2) is 0 Å². The van der Waals surface area contributed by atoms with Gasteiger partial charge in [0.1, 0.15) is 6.04 Å². The molecule has 104 valence electrons. The Morgan fingerprint density at radius 3 is 2.74 bits per heavy atom. The molecule has 0 aromatic carbocycles. The van der Waals surface area contributed by atoms with Crippen molar-refractivity contribution in [3.05, 3.63) is 12.4 Å². The number of aromatic nitrogens is 2. The first kappa shape index (κ1) is 13.5. The maximum Gasteiger partial charge on any atom is 0.320 e. The molecule has 0 radical (unpaired) electrons. The highest BCUT2D eigenvalue weighted by Crippen LogP contribution is 2.18. The fourth-order valence-electron chi connectivity index (χ4n) is 2.37. The molecule has 1 unspecified atom stereocenters. The fourth-order valence-corrected chi connectivity index (χ4v) is 2.37. The van der Waals surface area contributed by atoms with Gasteiger partial charge in [0.15, 0.2) is 0 Å².